The van der Waals surface area contributed by atoms with E-state index in [9.17, 15) is 4.79 Å². The van der Waals surface area contributed by atoms with E-state index in [4.69, 9.17) is 10.3 Å². The molecule has 0 fully saturated rings. The number of carbonyl (C=O) groups excluding carboxylic acids is 1. The predicted octanol–water partition coefficient (Wildman–Crippen LogP) is 2.95. The lowest BCUT2D eigenvalue weighted by Gasteiger charge is -2.04. The summed E-state index contributed by atoms with van der Waals surface area (Å²) in [5.41, 5.74) is 9.11. The molecule has 0 heterocycles. The van der Waals surface area contributed by atoms with E-state index in [-0.39, 0.29) is 6.61 Å². The van der Waals surface area contributed by atoms with Gasteiger partial charge in [-0.15, -0.1) is 0 Å². The summed E-state index contributed by atoms with van der Waals surface area (Å²) in [5.74, 6) is 0.193. The molecule has 0 N–H and O–H groups in total. The molecule has 0 bridgehead atoms. The van der Waals surface area contributed by atoms with Crippen LogP contribution in [0, 0.1) is 0 Å². The number of methoxy groups -OCH3 is 1. The van der Waals surface area contributed by atoms with E-state index >= 15 is 0 Å². The van der Waals surface area contributed by atoms with Gasteiger partial charge in [-0.2, -0.15) is 0 Å². The zero-order chi connectivity index (χ0) is 13.9. The summed E-state index contributed by atoms with van der Waals surface area (Å²) in [4.78, 5) is 13.6. The van der Waals surface area contributed by atoms with Crippen LogP contribution in [0.25, 0.3) is 16.5 Å². The molecule has 1 rings (SSSR count). The fourth-order valence-electron chi connectivity index (χ4n) is 1.27. The summed E-state index contributed by atoms with van der Waals surface area (Å²) in [6, 6.07) is 7.29. The molecule has 0 radical (unpaired) electrons. The second-order valence-corrected chi connectivity index (χ2v) is 3.58. The van der Waals surface area contributed by atoms with E-state index in [1.165, 1.54) is 7.11 Å². The Kier molecular flexibility index (Phi) is 6.61. The third-order valence-corrected chi connectivity index (χ3v) is 2.23. The molecule has 0 aromatic heterocycles. The van der Waals surface area contributed by atoms with Gasteiger partial charge in [-0.3, -0.25) is 0 Å². The molecular weight excluding hydrogens is 246 g/mol. The molecule has 0 unspecified atom stereocenters. The summed E-state index contributed by atoms with van der Waals surface area (Å²) in [6.45, 7) is 0.352. The van der Waals surface area contributed by atoms with Crippen molar-refractivity contribution in [3.63, 3.8) is 0 Å². The standard InChI is InChI=1S/C13H15N3O3/c1-18-13(17)10-19-12-7-5-11(6-8-12)4-2-3-9-15-16-14/h2,4-8H,3,9-10H2,1H3. The highest BCUT2D eigenvalue weighted by Gasteiger charge is 2.00. The van der Waals surface area contributed by atoms with Crippen LogP contribution in [0.3, 0.4) is 0 Å². The van der Waals surface area contributed by atoms with Crippen molar-refractivity contribution >= 4 is 12.0 Å². The smallest absolute Gasteiger partial charge is 0.343 e. The van der Waals surface area contributed by atoms with Gasteiger partial charge < -0.3 is 9.47 Å². The molecule has 19 heavy (non-hydrogen) atoms. The van der Waals surface area contributed by atoms with Gasteiger partial charge in [0.2, 0.25) is 0 Å². The first-order valence-corrected chi connectivity index (χ1v) is 5.73. The van der Waals surface area contributed by atoms with Crippen LogP contribution < -0.4 is 4.74 Å². The molecule has 6 nitrogen and oxygen atoms in total. The fourth-order valence-corrected chi connectivity index (χ4v) is 1.27. The van der Waals surface area contributed by atoms with Crippen molar-refractivity contribution in [3.8, 4) is 5.75 Å². The SMILES string of the molecule is COC(=O)COc1ccc(C=CCCN=[N+]=[N-])cc1. The van der Waals surface area contributed by atoms with Crippen LogP contribution in [-0.4, -0.2) is 26.2 Å². The van der Waals surface area contributed by atoms with E-state index in [1.54, 1.807) is 12.1 Å². The Morgan fingerprint density at radius 3 is 2.79 bits per heavy atom. The number of nitrogens with zero attached hydrogens (tertiary/aromatic N) is 3. The molecule has 0 aliphatic carbocycles. The summed E-state index contributed by atoms with van der Waals surface area (Å²) >= 11 is 0. The molecule has 1 aromatic rings. The van der Waals surface area contributed by atoms with Crippen LogP contribution in [0.4, 0.5) is 0 Å². The Morgan fingerprint density at radius 1 is 1.42 bits per heavy atom. The second kappa shape index (κ2) is 8.60. The molecule has 100 valence electrons. The van der Waals surface area contributed by atoms with Crippen molar-refractivity contribution in [2.45, 2.75) is 6.42 Å². The van der Waals surface area contributed by atoms with Gasteiger partial charge >= 0.3 is 5.97 Å². The van der Waals surface area contributed by atoms with Gasteiger partial charge in [-0.05, 0) is 29.6 Å². The highest BCUT2D eigenvalue weighted by atomic mass is 16.6. The zero-order valence-electron chi connectivity index (χ0n) is 10.7. The molecule has 0 aliphatic rings. The normalized spacial score (nSPS) is 9.95. The zero-order valence-corrected chi connectivity index (χ0v) is 10.7. The molecule has 0 saturated heterocycles. The van der Waals surface area contributed by atoms with Gasteiger partial charge in [0, 0.05) is 11.5 Å². The van der Waals surface area contributed by atoms with Crippen LogP contribution in [0.15, 0.2) is 35.5 Å². The number of azide groups is 1. The number of esters is 1. The maximum atomic E-state index is 10.9. The van der Waals surface area contributed by atoms with E-state index < -0.39 is 5.97 Å². The summed E-state index contributed by atoms with van der Waals surface area (Å²) in [5, 5.41) is 3.43. The monoisotopic (exact) mass is 261 g/mol. The van der Waals surface area contributed by atoms with Crippen molar-refractivity contribution in [1.29, 1.82) is 0 Å². The van der Waals surface area contributed by atoms with Crippen LogP contribution in [-0.2, 0) is 9.53 Å². The lowest BCUT2D eigenvalue weighted by atomic mass is 10.2. The summed E-state index contributed by atoms with van der Waals surface area (Å²) < 4.78 is 9.69. The molecule has 0 amide bonds. The second-order valence-electron chi connectivity index (χ2n) is 3.58. The number of hydrogen-bond acceptors (Lipinski definition) is 4. The quantitative estimate of drug-likeness (QED) is 0.248. The van der Waals surface area contributed by atoms with E-state index in [2.05, 4.69) is 14.8 Å². The fraction of sp³-hybridized carbons (Fsp3) is 0.308. The molecular formula is C13H15N3O3. The third-order valence-electron chi connectivity index (χ3n) is 2.23. The average Bonchev–Trinajstić information content (AvgIpc) is 2.45. The highest BCUT2D eigenvalue weighted by molar-refractivity contribution is 5.70. The minimum atomic E-state index is -0.415. The van der Waals surface area contributed by atoms with Gasteiger partial charge in [-0.25, -0.2) is 4.79 Å². The number of carbonyl (C=O) groups is 1. The number of hydrogen-bond donors (Lipinski definition) is 0. The van der Waals surface area contributed by atoms with Gasteiger partial charge in [-0.1, -0.05) is 29.4 Å². The first-order chi connectivity index (χ1) is 9.26. The predicted molar refractivity (Wildman–Crippen MR) is 71.6 cm³/mol. The minimum Gasteiger partial charge on any atom is -0.482 e. The largest absolute Gasteiger partial charge is 0.482 e. The molecule has 0 aliphatic heterocycles. The number of ether oxygens (including phenoxy) is 2. The summed E-state index contributed by atoms with van der Waals surface area (Å²) in [7, 11) is 1.32. The lowest BCUT2D eigenvalue weighted by Crippen LogP contribution is -2.12. The Labute approximate surface area is 111 Å². The highest BCUT2D eigenvalue weighted by Crippen LogP contribution is 2.13. The minimum absolute atomic E-state index is 0.0994. The van der Waals surface area contributed by atoms with Crippen molar-refractivity contribution < 1.29 is 14.3 Å². The van der Waals surface area contributed by atoms with Gasteiger partial charge in [0.15, 0.2) is 6.61 Å². The van der Waals surface area contributed by atoms with Crippen LogP contribution in [0.5, 0.6) is 5.75 Å². The first-order valence-electron chi connectivity index (χ1n) is 5.73. The molecule has 0 spiro atoms. The van der Waals surface area contributed by atoms with E-state index in [0.717, 1.165) is 5.56 Å². The average molecular weight is 261 g/mol. The molecule has 6 heteroatoms. The maximum absolute atomic E-state index is 10.9. The third kappa shape index (κ3) is 6.14. The van der Waals surface area contributed by atoms with Crippen LogP contribution in [0.2, 0.25) is 0 Å². The summed E-state index contributed by atoms with van der Waals surface area (Å²) in [6.07, 6.45) is 4.56. The maximum Gasteiger partial charge on any atom is 0.343 e. The Balaban J connectivity index is 2.42. The first kappa shape index (κ1) is 14.6. The van der Waals surface area contributed by atoms with E-state index in [0.29, 0.717) is 18.7 Å². The van der Waals surface area contributed by atoms with Crippen LogP contribution in [0.1, 0.15) is 12.0 Å². The van der Waals surface area contributed by atoms with Gasteiger partial charge in [0.25, 0.3) is 0 Å². The number of benzene rings is 1. The van der Waals surface area contributed by atoms with Gasteiger partial charge in [0.1, 0.15) is 5.75 Å². The molecule has 0 saturated carbocycles. The molecule has 1 aromatic carbocycles. The van der Waals surface area contributed by atoms with Gasteiger partial charge in [0.05, 0.1) is 7.11 Å². The van der Waals surface area contributed by atoms with Crippen LogP contribution >= 0.6 is 0 Å². The lowest BCUT2D eigenvalue weighted by molar-refractivity contribution is -0.142. The van der Waals surface area contributed by atoms with Crippen molar-refractivity contribution in [2.24, 2.45) is 5.11 Å². The van der Waals surface area contributed by atoms with Crippen molar-refractivity contribution in [1.82, 2.24) is 0 Å². The van der Waals surface area contributed by atoms with E-state index in [1.807, 2.05) is 24.3 Å². The Hall–Kier alpha value is -2.46. The topological polar surface area (TPSA) is 84.3 Å². The number of rotatable bonds is 7. The Morgan fingerprint density at radius 2 is 2.16 bits per heavy atom. The van der Waals surface area contributed by atoms with Crippen molar-refractivity contribution in [3.05, 3.63) is 46.3 Å². The molecule has 0 atom stereocenters. The Bertz CT molecular complexity index is 476. The van der Waals surface area contributed by atoms with Crippen molar-refractivity contribution in [2.75, 3.05) is 20.3 Å².